The van der Waals surface area contributed by atoms with Gasteiger partial charge in [0.05, 0.1) is 55.2 Å². The Labute approximate surface area is 387 Å². The van der Waals surface area contributed by atoms with Gasteiger partial charge in [-0.15, -0.1) is 0 Å². The van der Waals surface area contributed by atoms with Gasteiger partial charge in [0.1, 0.15) is 0 Å². The summed E-state index contributed by atoms with van der Waals surface area (Å²) in [5.74, 6) is 0. The molecule has 6 heterocycles. The molecule has 0 fully saturated rings. The second-order valence-corrected chi connectivity index (χ2v) is 18.7. The highest BCUT2D eigenvalue weighted by Crippen LogP contribution is 2.55. The van der Waals surface area contributed by atoms with Crippen LogP contribution in [-0.2, 0) is 0 Å². The molecule has 0 saturated carbocycles. The fourth-order valence-electron chi connectivity index (χ4n) is 13.0. The molecule has 0 bridgehead atoms. The number of nitrogens with zero attached hydrogens (tertiary/aromatic N) is 4. The first-order valence-electron chi connectivity index (χ1n) is 23.6. The van der Waals surface area contributed by atoms with Gasteiger partial charge in [0, 0.05) is 81.6 Å². The predicted molar refractivity (Wildman–Crippen MR) is 287 cm³/mol. The van der Waals surface area contributed by atoms with Crippen molar-refractivity contribution in [2.75, 3.05) is 0 Å². The van der Waals surface area contributed by atoms with Crippen LogP contribution in [0.4, 0.5) is 0 Å². The Morgan fingerprint density at radius 2 is 0.647 bits per heavy atom. The molecule has 6 aromatic heterocycles. The van der Waals surface area contributed by atoms with Crippen molar-refractivity contribution in [2.24, 2.45) is 0 Å². The van der Waals surface area contributed by atoms with Gasteiger partial charge in [-0.25, -0.2) is 0 Å². The van der Waals surface area contributed by atoms with Gasteiger partial charge in [0.15, 0.2) is 0 Å². The minimum Gasteiger partial charge on any atom is -0.309 e. The van der Waals surface area contributed by atoms with E-state index in [1.165, 1.54) is 142 Å². The van der Waals surface area contributed by atoms with Crippen molar-refractivity contribution in [1.82, 2.24) is 17.9 Å². The smallest absolute Gasteiger partial charge is 0.0642 e. The van der Waals surface area contributed by atoms with Gasteiger partial charge < -0.3 is 17.9 Å². The predicted octanol–water partition coefficient (Wildman–Crippen LogP) is 17.0. The highest BCUT2D eigenvalue weighted by atomic mass is 15.0. The van der Waals surface area contributed by atoms with Crippen LogP contribution in [0.1, 0.15) is 0 Å². The first-order chi connectivity index (χ1) is 33.8. The summed E-state index contributed by atoms with van der Waals surface area (Å²) in [7, 11) is 0. The van der Waals surface area contributed by atoms with Gasteiger partial charge in [-0.1, -0.05) is 152 Å². The van der Waals surface area contributed by atoms with Crippen LogP contribution in [0.3, 0.4) is 0 Å². The van der Waals surface area contributed by atoms with Crippen molar-refractivity contribution in [3.63, 3.8) is 0 Å². The fourth-order valence-corrected chi connectivity index (χ4v) is 13.0. The second-order valence-electron chi connectivity index (χ2n) is 18.7. The number of fused-ring (bicyclic) bond motifs is 21. The molecule has 17 rings (SSSR count). The van der Waals surface area contributed by atoms with Crippen LogP contribution in [0.2, 0.25) is 0 Å². The topological polar surface area (TPSA) is 18.7 Å². The van der Waals surface area contributed by atoms with E-state index in [9.17, 15) is 0 Å². The lowest BCUT2D eigenvalue weighted by atomic mass is 9.92. The second kappa shape index (κ2) is 12.4. The molecular formula is C64H36N4. The molecule has 0 unspecified atom stereocenters. The van der Waals surface area contributed by atoms with Crippen LogP contribution in [0.25, 0.3) is 153 Å². The fraction of sp³-hybridized carbons (Fsp3) is 0. The quantitative estimate of drug-likeness (QED) is 0.169. The molecule has 0 amide bonds. The summed E-state index contributed by atoms with van der Waals surface area (Å²) < 4.78 is 10.3. The Morgan fingerprint density at radius 3 is 1.16 bits per heavy atom. The lowest BCUT2D eigenvalue weighted by molar-refractivity contribution is 1.18. The maximum Gasteiger partial charge on any atom is 0.0642 e. The van der Waals surface area contributed by atoms with Gasteiger partial charge in [-0.3, -0.25) is 0 Å². The van der Waals surface area contributed by atoms with Gasteiger partial charge >= 0.3 is 0 Å². The number of hydrogen-bond acceptors (Lipinski definition) is 0. The van der Waals surface area contributed by atoms with Gasteiger partial charge in [0.2, 0.25) is 0 Å². The van der Waals surface area contributed by atoms with E-state index in [0.29, 0.717) is 0 Å². The van der Waals surface area contributed by atoms with Gasteiger partial charge in [0.25, 0.3) is 0 Å². The Kier molecular flexibility index (Phi) is 6.42. The third-order valence-electron chi connectivity index (χ3n) is 15.5. The number of para-hydroxylation sites is 6. The minimum atomic E-state index is 1.16. The van der Waals surface area contributed by atoms with E-state index >= 15 is 0 Å². The van der Waals surface area contributed by atoms with Crippen LogP contribution < -0.4 is 0 Å². The molecule has 17 aromatic rings. The molecular weight excluding hydrogens is 825 g/mol. The average Bonchev–Trinajstić information content (AvgIpc) is 4.23. The van der Waals surface area contributed by atoms with Crippen LogP contribution in [-0.4, -0.2) is 17.9 Å². The Bertz CT molecular complexity index is 4720. The SMILES string of the molecule is c1ccc(-n2c3ccccc3c3c4c5cc6c7c8c9ccccc9n(-c9ccccc9)c8cc8c9ccccc9n(c6c(-c6cccc9ccccc69)c5n5c6ccccc6c(cc32)c45)c87)cc1. The van der Waals surface area contributed by atoms with E-state index < -0.39 is 0 Å². The molecule has 0 atom stereocenters. The van der Waals surface area contributed by atoms with E-state index in [2.05, 4.69) is 236 Å². The lowest BCUT2D eigenvalue weighted by Crippen LogP contribution is -1.92. The normalized spacial score (nSPS) is 12.7. The highest BCUT2D eigenvalue weighted by molar-refractivity contribution is 6.42. The number of rotatable bonds is 3. The molecule has 4 nitrogen and oxygen atoms in total. The zero-order valence-corrected chi connectivity index (χ0v) is 36.6. The van der Waals surface area contributed by atoms with Crippen molar-refractivity contribution in [1.29, 1.82) is 0 Å². The maximum absolute atomic E-state index is 2.64. The zero-order valence-electron chi connectivity index (χ0n) is 36.6. The molecule has 0 radical (unpaired) electrons. The van der Waals surface area contributed by atoms with Crippen LogP contribution in [0, 0.1) is 0 Å². The van der Waals surface area contributed by atoms with Crippen molar-refractivity contribution >= 4 is 131 Å². The maximum atomic E-state index is 2.64. The highest BCUT2D eigenvalue weighted by Gasteiger charge is 2.31. The van der Waals surface area contributed by atoms with Crippen molar-refractivity contribution in [2.45, 2.75) is 0 Å². The Morgan fingerprint density at radius 1 is 0.235 bits per heavy atom. The zero-order chi connectivity index (χ0) is 43.9. The molecule has 68 heavy (non-hydrogen) atoms. The molecule has 312 valence electrons. The van der Waals surface area contributed by atoms with Gasteiger partial charge in [-0.2, -0.15) is 0 Å². The number of hydrogen-bond donors (Lipinski definition) is 0. The minimum absolute atomic E-state index is 1.16. The van der Waals surface area contributed by atoms with Crippen molar-refractivity contribution in [3.05, 3.63) is 218 Å². The third kappa shape index (κ3) is 4.11. The number of aromatic nitrogens is 4. The first-order valence-corrected chi connectivity index (χ1v) is 23.6. The summed E-state index contributed by atoms with van der Waals surface area (Å²) in [6, 6.07) is 81.5. The summed E-state index contributed by atoms with van der Waals surface area (Å²) in [4.78, 5) is 0. The summed E-state index contributed by atoms with van der Waals surface area (Å²) in [6.45, 7) is 0. The summed E-state index contributed by atoms with van der Waals surface area (Å²) in [5.41, 5.74) is 17.1. The van der Waals surface area contributed by atoms with Crippen LogP contribution in [0.5, 0.6) is 0 Å². The molecule has 0 aliphatic heterocycles. The summed E-state index contributed by atoms with van der Waals surface area (Å²) >= 11 is 0. The van der Waals surface area contributed by atoms with E-state index in [4.69, 9.17) is 0 Å². The van der Waals surface area contributed by atoms with Crippen LogP contribution >= 0.6 is 0 Å². The Hall–Kier alpha value is -9.12. The van der Waals surface area contributed by atoms with E-state index in [0.717, 1.165) is 11.4 Å². The van der Waals surface area contributed by atoms with E-state index in [1.807, 2.05) is 0 Å². The van der Waals surface area contributed by atoms with E-state index in [1.54, 1.807) is 0 Å². The average molecular weight is 861 g/mol. The Balaban J connectivity index is 1.23. The number of benzene rings is 11. The summed E-state index contributed by atoms with van der Waals surface area (Å²) in [6.07, 6.45) is 0. The molecule has 4 heteroatoms. The molecule has 0 aliphatic rings. The van der Waals surface area contributed by atoms with Crippen molar-refractivity contribution < 1.29 is 0 Å². The van der Waals surface area contributed by atoms with Gasteiger partial charge in [-0.05, 0) is 83.1 Å². The van der Waals surface area contributed by atoms with Crippen LogP contribution in [0.15, 0.2) is 218 Å². The van der Waals surface area contributed by atoms with Crippen molar-refractivity contribution in [3.8, 4) is 22.5 Å². The van der Waals surface area contributed by atoms with E-state index in [-0.39, 0.29) is 0 Å². The molecule has 0 saturated heterocycles. The lowest BCUT2D eigenvalue weighted by Gasteiger charge is -2.13. The largest absolute Gasteiger partial charge is 0.309 e. The summed E-state index contributed by atoms with van der Waals surface area (Å²) in [5, 5.41) is 17.8. The molecule has 0 aliphatic carbocycles. The molecule has 0 N–H and O–H groups in total. The monoisotopic (exact) mass is 860 g/mol. The molecule has 0 spiro atoms. The standard InChI is InChI=1S/C64H36N4/c1-3-20-38(21-4-1)65-52-32-15-11-27-44(52)56-54(65)35-46-41-25-9-13-30-50(41)67-61(46)58(56)48-34-49-59-57-45-28-12-16-33-53(45)66(39-22-5-2-6-23-39)55(57)36-47-42-26-10-14-31-51(42)68(62(47)59)64(49)60(63(48)67)43-29-17-19-37-18-7-8-24-40(37)43/h1-36H. The molecule has 11 aromatic carbocycles. The first kappa shape index (κ1) is 35.2. The third-order valence-corrected chi connectivity index (χ3v) is 15.5.